The van der Waals surface area contributed by atoms with Crippen molar-refractivity contribution in [3.8, 4) is 5.75 Å². The van der Waals surface area contributed by atoms with Gasteiger partial charge in [-0.05, 0) is 50.1 Å². The van der Waals surface area contributed by atoms with E-state index in [9.17, 15) is 27.2 Å². The van der Waals surface area contributed by atoms with Crippen LogP contribution in [0.3, 0.4) is 0 Å². The van der Waals surface area contributed by atoms with Gasteiger partial charge < -0.3 is 14.8 Å². The lowest BCUT2D eigenvalue weighted by Crippen LogP contribution is -2.60. The minimum Gasteiger partial charge on any atom is -0.420 e. The lowest BCUT2D eigenvalue weighted by molar-refractivity contribution is -0.132. The lowest BCUT2D eigenvalue weighted by atomic mass is 9.88. The topological polar surface area (TPSA) is 80.8 Å². The number of carbonyl (C=O) groups excluding carboxylic acids is 2. The third kappa shape index (κ3) is 6.53. The Labute approximate surface area is 208 Å². The SMILES string of the molecule is CC(C(=O)NC1CCOCC1)(c1cncc(F)c1)N(C(=O)C(F)Cl)c1ccc(OC(F)(F)Cl)cc1. The molecular formula is C22H21Cl2F4N3O4. The first-order valence-corrected chi connectivity index (χ1v) is 11.2. The van der Waals surface area contributed by atoms with Crippen LogP contribution in [0.1, 0.15) is 25.3 Å². The molecule has 0 spiro atoms. The van der Waals surface area contributed by atoms with Crippen molar-refractivity contribution < 1.29 is 36.6 Å². The number of rotatable bonds is 8. The summed E-state index contributed by atoms with van der Waals surface area (Å²) >= 11 is 10.2. The molecule has 2 heterocycles. The molecular weight excluding hydrogens is 517 g/mol. The van der Waals surface area contributed by atoms with Crippen LogP contribution in [0.25, 0.3) is 0 Å². The quantitative estimate of drug-likeness (QED) is 0.397. The number of anilines is 1. The number of benzene rings is 1. The maximum atomic E-state index is 14.2. The van der Waals surface area contributed by atoms with Crippen molar-refractivity contribution in [1.29, 1.82) is 0 Å². The third-order valence-electron chi connectivity index (χ3n) is 5.45. The summed E-state index contributed by atoms with van der Waals surface area (Å²) in [5, 5.41) is 2.79. The first-order chi connectivity index (χ1) is 16.4. The zero-order chi connectivity index (χ0) is 25.8. The van der Waals surface area contributed by atoms with E-state index in [2.05, 4.69) is 15.0 Å². The average Bonchev–Trinajstić information content (AvgIpc) is 2.79. The summed E-state index contributed by atoms with van der Waals surface area (Å²) in [6, 6.07) is 4.98. The second kappa shape index (κ2) is 11.0. The number of ether oxygens (including phenoxy) is 2. The van der Waals surface area contributed by atoms with Crippen molar-refractivity contribution in [2.45, 2.75) is 42.5 Å². The van der Waals surface area contributed by atoms with E-state index < -0.39 is 34.4 Å². The van der Waals surface area contributed by atoms with Crippen molar-refractivity contribution in [2.75, 3.05) is 18.1 Å². The predicted octanol–water partition coefficient (Wildman–Crippen LogP) is 4.47. The van der Waals surface area contributed by atoms with Gasteiger partial charge in [-0.1, -0.05) is 11.6 Å². The molecule has 1 saturated heterocycles. The second-order valence-electron chi connectivity index (χ2n) is 7.84. The van der Waals surface area contributed by atoms with Crippen molar-refractivity contribution in [3.05, 3.63) is 54.1 Å². The van der Waals surface area contributed by atoms with Gasteiger partial charge in [-0.25, -0.2) is 8.78 Å². The van der Waals surface area contributed by atoms with Crippen LogP contribution in [0, 0.1) is 5.82 Å². The Balaban J connectivity index is 2.11. The number of carbonyl (C=O) groups is 2. The van der Waals surface area contributed by atoms with Gasteiger partial charge in [-0.2, -0.15) is 0 Å². The maximum absolute atomic E-state index is 14.2. The molecule has 35 heavy (non-hydrogen) atoms. The Kier molecular flexibility index (Phi) is 8.45. The van der Waals surface area contributed by atoms with Crippen LogP contribution in [0.4, 0.5) is 23.2 Å². The van der Waals surface area contributed by atoms with Crippen LogP contribution >= 0.6 is 23.2 Å². The highest BCUT2D eigenvalue weighted by molar-refractivity contribution is 6.32. The number of hydrogen-bond donors (Lipinski definition) is 1. The van der Waals surface area contributed by atoms with Crippen LogP contribution < -0.4 is 15.0 Å². The van der Waals surface area contributed by atoms with Crippen molar-refractivity contribution in [1.82, 2.24) is 10.3 Å². The fourth-order valence-electron chi connectivity index (χ4n) is 3.71. The molecule has 2 aromatic rings. The highest BCUT2D eigenvalue weighted by atomic mass is 35.5. The molecule has 1 aromatic carbocycles. The van der Waals surface area contributed by atoms with Crippen LogP contribution in [0.15, 0.2) is 42.7 Å². The highest BCUT2D eigenvalue weighted by Crippen LogP contribution is 2.37. The fourth-order valence-corrected chi connectivity index (χ4v) is 3.89. The Morgan fingerprint density at radius 3 is 2.40 bits per heavy atom. The van der Waals surface area contributed by atoms with Crippen molar-refractivity contribution >= 4 is 40.7 Å². The minimum absolute atomic E-state index is 0.0830. The number of halogens is 6. The summed E-state index contributed by atoms with van der Waals surface area (Å²) < 4.78 is 63.8. The summed E-state index contributed by atoms with van der Waals surface area (Å²) in [5.74, 6) is -3.30. The second-order valence-corrected chi connectivity index (χ2v) is 8.66. The Morgan fingerprint density at radius 2 is 1.86 bits per heavy atom. The van der Waals surface area contributed by atoms with E-state index >= 15 is 0 Å². The molecule has 1 N–H and O–H groups in total. The van der Waals surface area contributed by atoms with Gasteiger partial charge in [0.25, 0.3) is 17.4 Å². The summed E-state index contributed by atoms with van der Waals surface area (Å²) in [6.07, 6.45) is 3.01. The van der Waals surface area contributed by atoms with E-state index in [1.807, 2.05) is 0 Å². The van der Waals surface area contributed by atoms with Gasteiger partial charge >= 0.3 is 5.57 Å². The Morgan fingerprint density at radius 1 is 1.23 bits per heavy atom. The van der Waals surface area contributed by atoms with Crippen LogP contribution in [-0.4, -0.2) is 47.3 Å². The maximum Gasteiger partial charge on any atom is 0.487 e. The number of alkyl halides is 5. The monoisotopic (exact) mass is 537 g/mol. The molecule has 1 aromatic heterocycles. The van der Waals surface area contributed by atoms with Crippen LogP contribution in [0.2, 0.25) is 0 Å². The number of amides is 2. The molecule has 2 atom stereocenters. The van der Waals surface area contributed by atoms with Crippen molar-refractivity contribution in [2.24, 2.45) is 0 Å². The smallest absolute Gasteiger partial charge is 0.420 e. The van der Waals surface area contributed by atoms with Gasteiger partial charge in [0, 0.05) is 48.3 Å². The van der Waals surface area contributed by atoms with E-state index in [0.29, 0.717) is 26.1 Å². The van der Waals surface area contributed by atoms with E-state index in [1.165, 1.54) is 6.92 Å². The Bertz CT molecular complexity index is 1050. The zero-order valence-electron chi connectivity index (χ0n) is 18.3. The number of nitrogens with zero attached hydrogens (tertiary/aromatic N) is 2. The highest BCUT2D eigenvalue weighted by Gasteiger charge is 2.47. The first-order valence-electron chi connectivity index (χ1n) is 10.4. The van der Waals surface area contributed by atoms with Crippen LogP contribution in [0.5, 0.6) is 5.75 Å². The van der Waals surface area contributed by atoms with E-state index in [-0.39, 0.29) is 23.0 Å². The molecule has 0 aliphatic carbocycles. The summed E-state index contributed by atoms with van der Waals surface area (Å²) in [4.78, 5) is 31.1. The molecule has 190 valence electrons. The molecule has 1 aliphatic heterocycles. The standard InChI is InChI=1S/C22H21Cl2F4N3O4/c1-21(13-10-14(25)12-29-11-13,20(33)30-15-6-8-34-9-7-15)31(19(32)18(23)26)16-2-4-17(5-3-16)35-22(24,27)28/h2-5,10-12,15,18H,6-9H2,1H3,(H,30,33). The molecule has 0 saturated carbocycles. The van der Waals surface area contributed by atoms with Gasteiger partial charge in [-0.3, -0.25) is 19.5 Å². The minimum atomic E-state index is -4.00. The molecule has 13 heteroatoms. The van der Waals surface area contributed by atoms with Crippen molar-refractivity contribution in [3.63, 3.8) is 0 Å². The fraction of sp³-hybridized carbons (Fsp3) is 0.409. The molecule has 1 fully saturated rings. The van der Waals surface area contributed by atoms with Crippen LogP contribution in [-0.2, 0) is 19.9 Å². The largest absolute Gasteiger partial charge is 0.487 e. The molecule has 0 bridgehead atoms. The molecule has 7 nitrogen and oxygen atoms in total. The van der Waals surface area contributed by atoms with E-state index in [1.54, 1.807) is 0 Å². The van der Waals surface area contributed by atoms with Gasteiger partial charge in [0.15, 0.2) is 5.54 Å². The number of hydrogen-bond acceptors (Lipinski definition) is 5. The number of aromatic nitrogens is 1. The normalized spacial score (nSPS) is 17.2. The number of nitrogens with one attached hydrogen (secondary N) is 1. The summed E-state index contributed by atoms with van der Waals surface area (Å²) in [7, 11) is 0. The van der Waals surface area contributed by atoms with Gasteiger partial charge in [-0.15, -0.1) is 8.78 Å². The van der Waals surface area contributed by atoms with E-state index in [4.69, 9.17) is 27.9 Å². The van der Waals surface area contributed by atoms with Gasteiger partial charge in [0.1, 0.15) is 11.6 Å². The molecule has 2 unspecified atom stereocenters. The molecule has 1 aliphatic rings. The summed E-state index contributed by atoms with van der Waals surface area (Å²) in [6.45, 7) is 2.06. The lowest BCUT2D eigenvalue weighted by Gasteiger charge is -2.41. The third-order valence-corrected chi connectivity index (χ3v) is 5.71. The Hall–Kier alpha value is -2.63. The average molecular weight is 538 g/mol. The van der Waals surface area contributed by atoms with E-state index in [0.717, 1.165) is 47.6 Å². The molecule has 0 radical (unpaired) electrons. The number of pyridine rings is 1. The molecule has 3 rings (SSSR count). The van der Waals surface area contributed by atoms with Gasteiger partial charge in [0.2, 0.25) is 0 Å². The van der Waals surface area contributed by atoms with Gasteiger partial charge in [0.05, 0.1) is 6.20 Å². The summed E-state index contributed by atoms with van der Waals surface area (Å²) in [5.41, 5.74) is -8.84. The predicted molar refractivity (Wildman–Crippen MR) is 120 cm³/mol. The first kappa shape index (κ1) is 27.0. The molecule has 2 amide bonds. The zero-order valence-corrected chi connectivity index (χ0v) is 19.8.